The first-order valence-corrected chi connectivity index (χ1v) is 7.03. The maximum absolute atomic E-state index is 5.57. The van der Waals surface area contributed by atoms with Crippen LogP contribution in [0.4, 0.5) is 5.69 Å². The zero-order valence-corrected chi connectivity index (χ0v) is 11.1. The van der Waals surface area contributed by atoms with Crippen molar-refractivity contribution in [2.75, 3.05) is 31.6 Å². The minimum Gasteiger partial charge on any atom is -0.380 e. The second-order valence-electron chi connectivity index (χ2n) is 5.33. The summed E-state index contributed by atoms with van der Waals surface area (Å²) in [5, 5.41) is 3.64. The molecule has 3 heteroatoms. The van der Waals surface area contributed by atoms with Gasteiger partial charge in [0.05, 0.1) is 13.2 Å². The Hall–Kier alpha value is -1.06. The molecule has 0 spiro atoms. The van der Waals surface area contributed by atoms with Crippen LogP contribution in [0.1, 0.15) is 18.9 Å². The quantitative estimate of drug-likeness (QED) is 0.884. The minimum atomic E-state index is 0.564. The van der Waals surface area contributed by atoms with E-state index in [0.29, 0.717) is 12.1 Å². The third kappa shape index (κ3) is 2.38. The summed E-state index contributed by atoms with van der Waals surface area (Å²) in [6, 6.07) is 9.83. The van der Waals surface area contributed by atoms with Crippen molar-refractivity contribution in [1.82, 2.24) is 4.90 Å². The topological polar surface area (TPSA) is 24.5 Å². The van der Waals surface area contributed by atoms with Crippen LogP contribution in [0.5, 0.6) is 0 Å². The first-order chi connectivity index (χ1) is 8.86. The lowest BCUT2D eigenvalue weighted by molar-refractivity contribution is -0.00989. The summed E-state index contributed by atoms with van der Waals surface area (Å²) < 4.78 is 5.57. The van der Waals surface area contributed by atoms with Gasteiger partial charge in [-0.1, -0.05) is 25.1 Å². The van der Waals surface area contributed by atoms with Crippen molar-refractivity contribution in [2.24, 2.45) is 0 Å². The summed E-state index contributed by atoms with van der Waals surface area (Å²) in [7, 11) is 0. The Morgan fingerprint density at radius 3 is 3.11 bits per heavy atom. The molecule has 0 saturated carbocycles. The van der Waals surface area contributed by atoms with Crippen LogP contribution in [0.25, 0.3) is 0 Å². The first kappa shape index (κ1) is 12.0. The van der Waals surface area contributed by atoms with Crippen LogP contribution >= 0.6 is 0 Å². The van der Waals surface area contributed by atoms with E-state index in [9.17, 15) is 0 Å². The fourth-order valence-corrected chi connectivity index (χ4v) is 3.07. The first-order valence-electron chi connectivity index (χ1n) is 7.03. The monoisotopic (exact) mass is 246 g/mol. The lowest BCUT2D eigenvalue weighted by Gasteiger charge is -2.36. The maximum Gasteiger partial charge on any atom is 0.0622 e. The maximum atomic E-state index is 5.57. The molecule has 1 saturated heterocycles. The number of fused-ring (bicyclic) bond motifs is 1. The summed E-state index contributed by atoms with van der Waals surface area (Å²) >= 11 is 0. The average molecular weight is 246 g/mol. The molecule has 0 bridgehead atoms. The van der Waals surface area contributed by atoms with Crippen LogP contribution in [-0.4, -0.2) is 43.3 Å². The number of nitrogens with one attached hydrogen (secondary N) is 1. The van der Waals surface area contributed by atoms with E-state index >= 15 is 0 Å². The number of hydrogen-bond acceptors (Lipinski definition) is 3. The normalized spacial score (nSPS) is 27.8. The van der Waals surface area contributed by atoms with Gasteiger partial charge in [-0.15, -0.1) is 0 Å². The Balaban J connectivity index is 1.61. The largest absolute Gasteiger partial charge is 0.380 e. The zero-order valence-electron chi connectivity index (χ0n) is 11.1. The highest BCUT2D eigenvalue weighted by molar-refractivity contribution is 5.56. The highest BCUT2D eigenvalue weighted by atomic mass is 16.5. The van der Waals surface area contributed by atoms with Crippen molar-refractivity contribution in [3.8, 4) is 0 Å². The van der Waals surface area contributed by atoms with Crippen LogP contribution in [0.2, 0.25) is 0 Å². The average Bonchev–Trinajstić information content (AvgIpc) is 2.81. The van der Waals surface area contributed by atoms with Gasteiger partial charge in [-0.05, 0) is 24.5 Å². The fraction of sp³-hybridized carbons (Fsp3) is 0.600. The Labute approximate surface area is 109 Å². The van der Waals surface area contributed by atoms with Gasteiger partial charge in [0.1, 0.15) is 0 Å². The predicted octanol–water partition coefficient (Wildman–Crippen LogP) is 2.13. The molecular weight excluding hydrogens is 224 g/mol. The van der Waals surface area contributed by atoms with Crippen LogP contribution < -0.4 is 5.32 Å². The number of ether oxygens (including phenoxy) is 1. The van der Waals surface area contributed by atoms with Crippen LogP contribution in [-0.2, 0) is 11.2 Å². The second-order valence-corrected chi connectivity index (χ2v) is 5.33. The van der Waals surface area contributed by atoms with Gasteiger partial charge in [-0.2, -0.15) is 0 Å². The molecule has 3 nitrogen and oxygen atoms in total. The molecule has 1 N–H and O–H groups in total. The highest BCUT2D eigenvalue weighted by Crippen LogP contribution is 2.26. The van der Waals surface area contributed by atoms with Gasteiger partial charge >= 0.3 is 0 Å². The molecule has 98 valence electrons. The molecule has 1 fully saturated rings. The molecule has 2 heterocycles. The summed E-state index contributed by atoms with van der Waals surface area (Å²) in [6.45, 7) is 6.25. The van der Waals surface area contributed by atoms with E-state index in [2.05, 4.69) is 41.4 Å². The molecule has 18 heavy (non-hydrogen) atoms. The molecule has 1 aromatic rings. The molecular formula is C15H22N2O. The van der Waals surface area contributed by atoms with Crippen molar-refractivity contribution >= 4 is 5.69 Å². The van der Waals surface area contributed by atoms with Crippen LogP contribution in [0.15, 0.2) is 24.3 Å². The summed E-state index contributed by atoms with van der Waals surface area (Å²) in [5.41, 5.74) is 2.78. The number of anilines is 1. The molecule has 2 atom stereocenters. The highest BCUT2D eigenvalue weighted by Gasteiger charge is 2.27. The third-order valence-corrected chi connectivity index (χ3v) is 4.12. The molecule has 1 aromatic carbocycles. The lowest BCUT2D eigenvalue weighted by atomic mass is 10.1. The summed E-state index contributed by atoms with van der Waals surface area (Å²) in [5.74, 6) is 0. The standard InChI is InChI=1S/C15H22N2O/c1-2-14-11-18-8-7-17(14)10-13-9-12-5-3-4-6-15(12)16-13/h3-6,13-14,16H,2,7-11H2,1H3/t13-,14?/m0/s1. The van der Waals surface area contributed by atoms with Gasteiger partial charge in [0, 0.05) is 30.9 Å². The number of hydrogen-bond donors (Lipinski definition) is 1. The third-order valence-electron chi connectivity index (χ3n) is 4.12. The van der Waals surface area contributed by atoms with Crippen LogP contribution in [0, 0.1) is 0 Å². The number of para-hydroxylation sites is 1. The van der Waals surface area contributed by atoms with E-state index < -0.39 is 0 Å². The van der Waals surface area contributed by atoms with Crippen molar-refractivity contribution < 1.29 is 4.74 Å². The zero-order chi connectivity index (χ0) is 12.4. The van der Waals surface area contributed by atoms with E-state index in [1.54, 1.807) is 0 Å². The van der Waals surface area contributed by atoms with E-state index in [1.165, 1.54) is 17.7 Å². The Bertz CT molecular complexity index is 382. The molecule has 2 aliphatic heterocycles. The summed E-state index contributed by atoms with van der Waals surface area (Å²) in [6.07, 6.45) is 2.34. The van der Waals surface area contributed by atoms with Crippen molar-refractivity contribution in [2.45, 2.75) is 31.8 Å². The second kappa shape index (κ2) is 5.29. The number of morpholine rings is 1. The van der Waals surface area contributed by atoms with Gasteiger partial charge in [0.15, 0.2) is 0 Å². The number of nitrogens with zero attached hydrogens (tertiary/aromatic N) is 1. The van der Waals surface area contributed by atoms with Crippen LogP contribution in [0.3, 0.4) is 0 Å². The van der Waals surface area contributed by atoms with E-state index in [4.69, 9.17) is 4.74 Å². The molecule has 0 amide bonds. The molecule has 3 rings (SSSR count). The molecule has 1 unspecified atom stereocenters. The molecule has 2 aliphatic rings. The van der Waals surface area contributed by atoms with Gasteiger partial charge in [-0.3, -0.25) is 4.90 Å². The molecule has 0 aromatic heterocycles. The van der Waals surface area contributed by atoms with Gasteiger partial charge in [0.25, 0.3) is 0 Å². The van der Waals surface area contributed by atoms with E-state index in [-0.39, 0.29) is 0 Å². The predicted molar refractivity (Wildman–Crippen MR) is 74.0 cm³/mol. The molecule has 0 aliphatic carbocycles. The SMILES string of the molecule is CCC1COCCN1C[C@@H]1Cc2ccccc2N1. The van der Waals surface area contributed by atoms with E-state index in [0.717, 1.165) is 32.7 Å². The number of rotatable bonds is 3. The minimum absolute atomic E-state index is 0.564. The van der Waals surface area contributed by atoms with E-state index in [1.807, 2.05) is 0 Å². The van der Waals surface area contributed by atoms with Gasteiger partial charge < -0.3 is 10.1 Å². The molecule has 0 radical (unpaired) electrons. The van der Waals surface area contributed by atoms with Crippen molar-refractivity contribution in [3.05, 3.63) is 29.8 Å². The summed E-state index contributed by atoms with van der Waals surface area (Å²) in [4.78, 5) is 2.59. The Kier molecular flexibility index (Phi) is 3.52. The Morgan fingerprint density at radius 1 is 1.39 bits per heavy atom. The van der Waals surface area contributed by atoms with Crippen molar-refractivity contribution in [1.29, 1.82) is 0 Å². The smallest absolute Gasteiger partial charge is 0.0622 e. The van der Waals surface area contributed by atoms with Crippen molar-refractivity contribution in [3.63, 3.8) is 0 Å². The van der Waals surface area contributed by atoms with Gasteiger partial charge in [0.2, 0.25) is 0 Å². The fourth-order valence-electron chi connectivity index (χ4n) is 3.07. The lowest BCUT2D eigenvalue weighted by Crippen LogP contribution is -2.49. The van der Waals surface area contributed by atoms with Gasteiger partial charge in [-0.25, -0.2) is 0 Å². The number of benzene rings is 1. The Morgan fingerprint density at radius 2 is 2.28 bits per heavy atom.